The largest absolute Gasteiger partial charge is 0.462 e. The van der Waals surface area contributed by atoms with E-state index in [2.05, 4.69) is 93.7 Å². The van der Waals surface area contributed by atoms with E-state index in [1.54, 1.807) is 0 Å². The summed E-state index contributed by atoms with van der Waals surface area (Å²) in [4.78, 5) is 38.2. The highest BCUT2D eigenvalue weighted by atomic mass is 16.6. The summed E-state index contributed by atoms with van der Waals surface area (Å²) in [5.74, 6) is -0.860. The molecule has 1 atom stereocenters. The summed E-state index contributed by atoms with van der Waals surface area (Å²) in [5.41, 5.74) is 0. The lowest BCUT2D eigenvalue weighted by atomic mass is 10.0. The molecule has 0 saturated heterocycles. The number of carbonyl (C=O) groups is 3. The smallest absolute Gasteiger partial charge is 0.306 e. The zero-order chi connectivity index (χ0) is 56.4. The van der Waals surface area contributed by atoms with E-state index in [1.807, 2.05) is 0 Å². The van der Waals surface area contributed by atoms with Gasteiger partial charge in [-0.25, -0.2) is 0 Å². The van der Waals surface area contributed by atoms with Crippen LogP contribution >= 0.6 is 0 Å². The van der Waals surface area contributed by atoms with Crippen LogP contribution in [0.2, 0.25) is 0 Å². The van der Waals surface area contributed by atoms with Gasteiger partial charge in [0.05, 0.1) is 0 Å². The van der Waals surface area contributed by atoms with Crippen LogP contribution < -0.4 is 0 Å². The maximum atomic E-state index is 12.9. The molecule has 0 rings (SSSR count). The van der Waals surface area contributed by atoms with Crippen LogP contribution in [-0.2, 0) is 28.6 Å². The van der Waals surface area contributed by atoms with E-state index in [0.717, 1.165) is 89.9 Å². The summed E-state index contributed by atoms with van der Waals surface area (Å²) >= 11 is 0. The van der Waals surface area contributed by atoms with Crippen LogP contribution in [0.4, 0.5) is 0 Å². The van der Waals surface area contributed by atoms with Crippen molar-refractivity contribution in [1.29, 1.82) is 0 Å². The Hall–Kier alpha value is -3.15. The Labute approximate surface area is 484 Å². The van der Waals surface area contributed by atoms with E-state index in [4.69, 9.17) is 14.2 Å². The quantitative estimate of drug-likeness (QED) is 0.0261. The van der Waals surface area contributed by atoms with Gasteiger partial charge >= 0.3 is 17.9 Å². The summed E-state index contributed by atoms with van der Waals surface area (Å²) in [5, 5.41) is 0. The first-order valence-electron chi connectivity index (χ1n) is 33.9. The molecule has 0 saturated carbocycles. The lowest BCUT2D eigenvalue weighted by molar-refractivity contribution is -0.167. The summed E-state index contributed by atoms with van der Waals surface area (Å²) in [6.07, 6.45) is 86.5. The van der Waals surface area contributed by atoms with Gasteiger partial charge in [0.1, 0.15) is 13.2 Å². The van der Waals surface area contributed by atoms with Crippen molar-refractivity contribution in [3.8, 4) is 0 Å². The third-order valence-corrected chi connectivity index (χ3v) is 14.9. The van der Waals surface area contributed by atoms with Crippen molar-refractivity contribution in [2.45, 2.75) is 354 Å². The van der Waals surface area contributed by atoms with Crippen LogP contribution in [0.25, 0.3) is 0 Å². The molecule has 6 nitrogen and oxygen atoms in total. The summed E-state index contributed by atoms with van der Waals surface area (Å²) in [6.45, 7) is 6.53. The normalized spacial score (nSPS) is 12.5. The Kier molecular flexibility index (Phi) is 63.7. The van der Waals surface area contributed by atoms with Gasteiger partial charge in [-0.1, -0.05) is 312 Å². The minimum absolute atomic E-state index is 0.0716. The fourth-order valence-corrected chi connectivity index (χ4v) is 9.88. The van der Waals surface area contributed by atoms with E-state index in [0.29, 0.717) is 19.3 Å². The number of unbranched alkanes of at least 4 members (excludes halogenated alkanes) is 39. The highest BCUT2D eigenvalue weighted by Gasteiger charge is 2.19. The van der Waals surface area contributed by atoms with Crippen LogP contribution in [-0.4, -0.2) is 37.2 Å². The fourth-order valence-electron chi connectivity index (χ4n) is 9.88. The highest BCUT2D eigenvalue weighted by molar-refractivity contribution is 5.71. The summed E-state index contributed by atoms with van der Waals surface area (Å²) in [6, 6.07) is 0. The van der Waals surface area contributed by atoms with Crippen LogP contribution in [0.5, 0.6) is 0 Å². The third-order valence-electron chi connectivity index (χ3n) is 14.9. The van der Waals surface area contributed by atoms with Gasteiger partial charge in [0.25, 0.3) is 0 Å². The second kappa shape index (κ2) is 66.4. The number of allylic oxidation sites excluding steroid dienone is 12. The predicted molar refractivity (Wildman–Crippen MR) is 339 cm³/mol. The molecule has 0 amide bonds. The molecule has 0 bridgehead atoms. The highest BCUT2D eigenvalue weighted by Crippen LogP contribution is 2.17. The van der Waals surface area contributed by atoms with E-state index < -0.39 is 6.10 Å². The van der Waals surface area contributed by atoms with Gasteiger partial charge in [-0.15, -0.1) is 0 Å². The van der Waals surface area contributed by atoms with Gasteiger partial charge in [0, 0.05) is 19.3 Å². The Morgan fingerprint density at radius 2 is 0.500 bits per heavy atom. The maximum absolute atomic E-state index is 12.9. The molecule has 0 radical (unpaired) electrons. The molecule has 0 heterocycles. The average Bonchev–Trinajstić information content (AvgIpc) is 3.44. The SMILES string of the molecule is CC/C=C\C/C=C\C/C=C\C/C=C\CCCCCCCCCCCCCCCCC(=O)OCC(COC(=O)CCCCCCCCCC)OC(=O)CCCCCCCCCCCCCCC/C=C\C/C=C\CCCCCCC. The van der Waals surface area contributed by atoms with Gasteiger partial charge in [-0.2, -0.15) is 0 Å². The molecule has 6 heteroatoms. The molecule has 452 valence electrons. The molecule has 0 aliphatic heterocycles. The van der Waals surface area contributed by atoms with Crippen LogP contribution in [0.1, 0.15) is 348 Å². The van der Waals surface area contributed by atoms with Gasteiger partial charge in [-0.3, -0.25) is 14.4 Å². The first kappa shape index (κ1) is 74.8. The summed E-state index contributed by atoms with van der Waals surface area (Å²) in [7, 11) is 0. The van der Waals surface area contributed by atoms with Crippen molar-refractivity contribution >= 4 is 17.9 Å². The second-order valence-electron chi connectivity index (χ2n) is 22.7. The molecule has 0 aromatic carbocycles. The fraction of sp³-hybridized carbons (Fsp3) is 0.792. The minimum atomic E-state index is -0.773. The van der Waals surface area contributed by atoms with Crippen molar-refractivity contribution in [2.75, 3.05) is 13.2 Å². The number of rotatable bonds is 62. The molecule has 0 aliphatic carbocycles. The van der Waals surface area contributed by atoms with Crippen molar-refractivity contribution < 1.29 is 28.6 Å². The predicted octanol–water partition coefficient (Wildman–Crippen LogP) is 23.3. The topological polar surface area (TPSA) is 78.9 Å². The van der Waals surface area contributed by atoms with Crippen LogP contribution in [0.15, 0.2) is 72.9 Å². The number of carbonyl (C=O) groups excluding carboxylic acids is 3. The Bertz CT molecular complexity index is 1440. The summed E-state index contributed by atoms with van der Waals surface area (Å²) < 4.78 is 16.9. The molecule has 78 heavy (non-hydrogen) atoms. The van der Waals surface area contributed by atoms with Crippen LogP contribution in [0, 0.1) is 0 Å². The number of ether oxygens (including phenoxy) is 3. The Balaban J connectivity index is 4.12. The van der Waals surface area contributed by atoms with Crippen molar-refractivity contribution in [1.82, 2.24) is 0 Å². The Morgan fingerprint density at radius 1 is 0.269 bits per heavy atom. The third kappa shape index (κ3) is 63.7. The van der Waals surface area contributed by atoms with Gasteiger partial charge in [0.2, 0.25) is 0 Å². The lowest BCUT2D eigenvalue weighted by Crippen LogP contribution is -2.30. The molecule has 0 aliphatic rings. The monoisotopic (exact) mass is 1090 g/mol. The average molecular weight is 1090 g/mol. The molecule has 0 fully saturated rings. The molecule has 1 unspecified atom stereocenters. The molecule has 0 aromatic rings. The lowest BCUT2D eigenvalue weighted by Gasteiger charge is -2.18. The van der Waals surface area contributed by atoms with E-state index in [9.17, 15) is 14.4 Å². The number of hydrogen-bond donors (Lipinski definition) is 0. The van der Waals surface area contributed by atoms with Gasteiger partial charge in [-0.05, 0) is 89.9 Å². The number of esters is 3. The first-order chi connectivity index (χ1) is 38.5. The number of hydrogen-bond acceptors (Lipinski definition) is 6. The van der Waals surface area contributed by atoms with Crippen molar-refractivity contribution in [2.24, 2.45) is 0 Å². The van der Waals surface area contributed by atoms with Crippen molar-refractivity contribution in [3.63, 3.8) is 0 Å². The van der Waals surface area contributed by atoms with Crippen molar-refractivity contribution in [3.05, 3.63) is 72.9 Å². The Morgan fingerprint density at radius 3 is 0.782 bits per heavy atom. The van der Waals surface area contributed by atoms with Gasteiger partial charge in [0.15, 0.2) is 6.10 Å². The zero-order valence-corrected chi connectivity index (χ0v) is 51.9. The first-order valence-corrected chi connectivity index (χ1v) is 33.9. The van der Waals surface area contributed by atoms with Gasteiger partial charge < -0.3 is 14.2 Å². The molecular weight excluding hydrogens is 961 g/mol. The molecule has 0 N–H and O–H groups in total. The van der Waals surface area contributed by atoms with E-state index >= 15 is 0 Å². The minimum Gasteiger partial charge on any atom is -0.462 e. The standard InChI is InChI=1S/C72H128O6/c1-4-7-10-13-16-19-21-23-25-27-29-31-33-35-36-38-39-41-43-45-47-49-51-53-56-59-62-65-71(74)77-68-69(67-76-70(73)64-61-58-55-18-15-12-9-6-3)78-72(75)66-63-60-57-54-52-50-48-46-44-42-40-37-34-32-30-28-26-24-22-20-17-14-11-8-5-2/h7,10,16,19,22-25,28-31,69H,4-6,8-9,11-15,17-18,20-21,26-27,32-68H2,1-3H3/b10-7-,19-16-,24-22-,25-23-,30-28-,31-29-. The second-order valence-corrected chi connectivity index (χ2v) is 22.7. The molecule has 0 spiro atoms. The van der Waals surface area contributed by atoms with Crippen LogP contribution in [0.3, 0.4) is 0 Å². The van der Waals surface area contributed by atoms with E-state index in [1.165, 1.54) is 218 Å². The molecular formula is C72H128O6. The maximum Gasteiger partial charge on any atom is 0.306 e. The zero-order valence-electron chi connectivity index (χ0n) is 51.9. The van der Waals surface area contributed by atoms with E-state index in [-0.39, 0.29) is 31.1 Å². The molecule has 0 aromatic heterocycles.